The Morgan fingerprint density at radius 1 is 1.00 bits per heavy atom. The molecule has 5 rings (SSSR count). The molecule has 36 heavy (non-hydrogen) atoms. The van der Waals surface area contributed by atoms with Gasteiger partial charge in [0.15, 0.2) is 0 Å². The van der Waals surface area contributed by atoms with Crippen LogP contribution in [-0.2, 0) is 17.5 Å². The maximum atomic E-state index is 13.2. The molecule has 4 aromatic rings. The number of halogens is 3. The number of morpholine rings is 1. The second-order valence-electron chi connectivity index (χ2n) is 8.53. The van der Waals surface area contributed by atoms with Gasteiger partial charge in [-0.25, -0.2) is 4.98 Å². The molecule has 0 saturated carbocycles. The SMILES string of the molecule is O=C(Nc1ccc(CN2CCOCC2)nc1)c1ccc2cccc(-c3cccc(C(F)(F)F)c3)c2n1. The van der Waals surface area contributed by atoms with Crippen LogP contribution in [0.2, 0.25) is 0 Å². The van der Waals surface area contributed by atoms with Gasteiger partial charge in [0.25, 0.3) is 5.91 Å². The lowest BCUT2D eigenvalue weighted by Gasteiger charge is -2.26. The highest BCUT2D eigenvalue weighted by Crippen LogP contribution is 2.34. The summed E-state index contributed by atoms with van der Waals surface area (Å²) in [4.78, 5) is 24.1. The molecular formula is C27H23F3N4O2. The number of alkyl halides is 3. The van der Waals surface area contributed by atoms with Crippen molar-refractivity contribution in [3.63, 3.8) is 0 Å². The van der Waals surface area contributed by atoms with Crippen LogP contribution in [0, 0.1) is 0 Å². The number of aromatic nitrogens is 2. The number of carbonyl (C=O) groups excluding carboxylic acids is 1. The normalized spacial score (nSPS) is 14.6. The summed E-state index contributed by atoms with van der Waals surface area (Å²) >= 11 is 0. The fourth-order valence-corrected chi connectivity index (χ4v) is 4.15. The van der Waals surface area contributed by atoms with Crippen LogP contribution in [0.1, 0.15) is 21.7 Å². The van der Waals surface area contributed by atoms with Crippen molar-refractivity contribution >= 4 is 22.5 Å². The highest BCUT2D eigenvalue weighted by atomic mass is 19.4. The van der Waals surface area contributed by atoms with Crippen molar-refractivity contribution in [2.24, 2.45) is 0 Å². The van der Waals surface area contributed by atoms with Gasteiger partial charge in [0.1, 0.15) is 5.69 Å². The summed E-state index contributed by atoms with van der Waals surface area (Å²) < 4.78 is 45.1. The van der Waals surface area contributed by atoms with Crippen LogP contribution in [0.5, 0.6) is 0 Å². The summed E-state index contributed by atoms with van der Waals surface area (Å²) in [5.74, 6) is -0.432. The van der Waals surface area contributed by atoms with Gasteiger partial charge in [-0.3, -0.25) is 14.7 Å². The number of amides is 1. The molecule has 2 aromatic heterocycles. The zero-order valence-electron chi connectivity index (χ0n) is 19.3. The lowest BCUT2D eigenvalue weighted by Crippen LogP contribution is -2.35. The van der Waals surface area contributed by atoms with Gasteiger partial charge >= 0.3 is 6.18 Å². The molecule has 0 unspecified atom stereocenters. The van der Waals surface area contributed by atoms with E-state index in [0.29, 0.717) is 42.1 Å². The largest absolute Gasteiger partial charge is 0.416 e. The van der Waals surface area contributed by atoms with Gasteiger partial charge in [-0.2, -0.15) is 13.2 Å². The number of hydrogen-bond acceptors (Lipinski definition) is 5. The third kappa shape index (κ3) is 5.37. The molecule has 0 bridgehead atoms. The number of nitrogens with zero attached hydrogens (tertiary/aromatic N) is 3. The molecule has 1 fully saturated rings. The Hall–Kier alpha value is -3.82. The topological polar surface area (TPSA) is 67.4 Å². The number of ether oxygens (including phenoxy) is 1. The number of para-hydroxylation sites is 1. The Balaban J connectivity index is 1.36. The van der Waals surface area contributed by atoms with Gasteiger partial charge in [0, 0.05) is 30.6 Å². The van der Waals surface area contributed by atoms with Crippen molar-refractivity contribution in [1.82, 2.24) is 14.9 Å². The maximum absolute atomic E-state index is 13.2. The lowest BCUT2D eigenvalue weighted by molar-refractivity contribution is -0.137. The molecule has 3 heterocycles. The molecule has 1 saturated heterocycles. The fourth-order valence-electron chi connectivity index (χ4n) is 4.15. The maximum Gasteiger partial charge on any atom is 0.416 e. The number of pyridine rings is 2. The van der Waals surface area contributed by atoms with E-state index in [-0.39, 0.29) is 5.69 Å². The lowest BCUT2D eigenvalue weighted by atomic mass is 9.99. The average Bonchev–Trinajstić information content (AvgIpc) is 2.89. The minimum atomic E-state index is -4.45. The molecule has 0 spiro atoms. The number of fused-ring (bicyclic) bond motifs is 1. The van der Waals surface area contributed by atoms with Gasteiger partial charge in [0.05, 0.1) is 41.9 Å². The van der Waals surface area contributed by atoms with Crippen molar-refractivity contribution in [2.75, 3.05) is 31.6 Å². The first-order valence-corrected chi connectivity index (χ1v) is 11.5. The molecule has 1 aliphatic rings. The summed E-state index contributed by atoms with van der Waals surface area (Å²) in [5, 5.41) is 3.51. The van der Waals surface area contributed by atoms with Gasteiger partial charge in [-0.1, -0.05) is 36.4 Å². The Morgan fingerprint density at radius 3 is 2.56 bits per heavy atom. The number of carbonyl (C=O) groups is 1. The van der Waals surface area contributed by atoms with E-state index in [2.05, 4.69) is 20.2 Å². The van der Waals surface area contributed by atoms with Crippen LogP contribution in [0.3, 0.4) is 0 Å². The standard InChI is InChI=1S/C27H23F3N4O2/c28-27(29,30)20-5-1-4-19(15-20)23-6-2-3-18-7-10-24(33-25(18)23)26(35)32-21-8-9-22(31-16-21)17-34-11-13-36-14-12-34/h1-10,15-16H,11-14,17H2,(H,32,35). The Labute approximate surface area is 205 Å². The van der Waals surface area contributed by atoms with Crippen molar-refractivity contribution < 1.29 is 22.7 Å². The third-order valence-electron chi connectivity index (χ3n) is 6.03. The number of benzene rings is 2. The molecule has 9 heteroatoms. The zero-order valence-corrected chi connectivity index (χ0v) is 19.3. The molecular weight excluding hydrogens is 469 g/mol. The highest BCUT2D eigenvalue weighted by Gasteiger charge is 2.30. The molecule has 0 radical (unpaired) electrons. The molecule has 2 aromatic carbocycles. The predicted molar refractivity (Wildman–Crippen MR) is 130 cm³/mol. The summed E-state index contributed by atoms with van der Waals surface area (Å²) in [6.45, 7) is 3.85. The molecule has 0 atom stereocenters. The zero-order chi connectivity index (χ0) is 25.1. The Bertz CT molecular complexity index is 1380. The first-order valence-electron chi connectivity index (χ1n) is 11.5. The quantitative estimate of drug-likeness (QED) is 0.404. The Morgan fingerprint density at radius 2 is 1.81 bits per heavy atom. The Kier molecular flexibility index (Phi) is 6.67. The van der Waals surface area contributed by atoms with Crippen LogP contribution < -0.4 is 5.32 Å². The second kappa shape index (κ2) is 10.0. The van der Waals surface area contributed by atoms with Crippen LogP contribution in [-0.4, -0.2) is 47.1 Å². The summed E-state index contributed by atoms with van der Waals surface area (Å²) in [6.07, 6.45) is -2.85. The summed E-state index contributed by atoms with van der Waals surface area (Å²) in [6, 6.07) is 17.3. The van der Waals surface area contributed by atoms with E-state index in [1.807, 2.05) is 6.07 Å². The van der Waals surface area contributed by atoms with Crippen molar-refractivity contribution in [3.8, 4) is 11.1 Å². The van der Waals surface area contributed by atoms with Crippen molar-refractivity contribution in [3.05, 3.63) is 89.9 Å². The molecule has 6 nitrogen and oxygen atoms in total. The molecule has 184 valence electrons. The highest BCUT2D eigenvalue weighted by molar-refractivity contribution is 6.05. The van der Waals surface area contributed by atoms with Crippen LogP contribution in [0.25, 0.3) is 22.0 Å². The second-order valence-corrected chi connectivity index (χ2v) is 8.53. The van der Waals surface area contributed by atoms with Crippen LogP contribution in [0.4, 0.5) is 18.9 Å². The average molecular weight is 493 g/mol. The van der Waals surface area contributed by atoms with Crippen molar-refractivity contribution in [1.29, 1.82) is 0 Å². The number of rotatable bonds is 5. The van der Waals surface area contributed by atoms with E-state index < -0.39 is 17.6 Å². The minimum Gasteiger partial charge on any atom is -0.379 e. The van der Waals surface area contributed by atoms with E-state index >= 15 is 0 Å². The number of anilines is 1. The predicted octanol–water partition coefficient (Wildman–Crippen LogP) is 5.40. The molecule has 1 aliphatic heterocycles. The van der Waals surface area contributed by atoms with Crippen molar-refractivity contribution in [2.45, 2.75) is 12.7 Å². The molecule has 1 N–H and O–H groups in total. The smallest absolute Gasteiger partial charge is 0.379 e. The van der Waals surface area contributed by atoms with Crippen LogP contribution >= 0.6 is 0 Å². The summed E-state index contributed by atoms with van der Waals surface area (Å²) in [7, 11) is 0. The monoisotopic (exact) mass is 492 g/mol. The van der Waals surface area contributed by atoms with Gasteiger partial charge in [-0.05, 0) is 35.9 Å². The van der Waals surface area contributed by atoms with E-state index in [1.165, 1.54) is 6.07 Å². The molecule has 1 amide bonds. The van der Waals surface area contributed by atoms with E-state index in [0.717, 1.165) is 36.3 Å². The van der Waals surface area contributed by atoms with E-state index in [4.69, 9.17) is 4.74 Å². The van der Waals surface area contributed by atoms with Gasteiger partial charge in [0.2, 0.25) is 0 Å². The van der Waals surface area contributed by atoms with Crippen LogP contribution in [0.15, 0.2) is 72.9 Å². The fraction of sp³-hybridized carbons (Fsp3) is 0.222. The third-order valence-corrected chi connectivity index (χ3v) is 6.03. The summed E-state index contributed by atoms with van der Waals surface area (Å²) in [5.41, 5.74) is 2.17. The number of nitrogens with one attached hydrogen (secondary N) is 1. The number of hydrogen-bond donors (Lipinski definition) is 1. The van der Waals surface area contributed by atoms with Gasteiger partial charge < -0.3 is 10.1 Å². The first kappa shape index (κ1) is 23.9. The molecule has 0 aliphatic carbocycles. The first-order chi connectivity index (χ1) is 17.4. The minimum absolute atomic E-state index is 0.152. The van der Waals surface area contributed by atoms with E-state index in [1.54, 1.807) is 48.7 Å². The van der Waals surface area contributed by atoms with E-state index in [9.17, 15) is 18.0 Å². The van der Waals surface area contributed by atoms with Gasteiger partial charge in [-0.15, -0.1) is 0 Å².